The topological polar surface area (TPSA) is 51.7 Å². The molecule has 8 heteroatoms. The molecule has 3 heterocycles. The van der Waals surface area contributed by atoms with E-state index in [9.17, 15) is 4.79 Å². The number of pyridine rings is 1. The Morgan fingerprint density at radius 2 is 1.88 bits per heavy atom. The Bertz CT molecular complexity index is 932. The maximum atomic E-state index is 12.8. The molecule has 0 bridgehead atoms. The number of carbonyl (C=O) groups excluding carboxylic acids is 1. The molecule has 0 unspecified atom stereocenters. The Labute approximate surface area is 200 Å². The van der Waals surface area contributed by atoms with Crippen molar-refractivity contribution in [3.05, 3.63) is 52.1 Å². The lowest BCUT2D eigenvalue weighted by atomic mass is 9.96. The van der Waals surface area contributed by atoms with E-state index >= 15 is 0 Å². The second-order valence-electron chi connectivity index (χ2n) is 8.88. The number of amides is 1. The van der Waals surface area contributed by atoms with Gasteiger partial charge in [-0.05, 0) is 69.6 Å². The normalized spacial score (nSPS) is 19.0. The zero-order valence-electron chi connectivity index (χ0n) is 18.6. The molecule has 172 valence electrons. The fraction of sp³-hybridized carbons (Fsp3) is 0.500. The van der Waals surface area contributed by atoms with Crippen LogP contribution in [-0.4, -0.2) is 73.6 Å². The molecule has 6 nitrogen and oxygen atoms in total. The smallest absolute Gasteiger partial charge is 0.255 e. The van der Waals surface area contributed by atoms with Gasteiger partial charge >= 0.3 is 0 Å². The van der Waals surface area contributed by atoms with E-state index in [0.717, 1.165) is 44.8 Å². The maximum Gasteiger partial charge on any atom is 0.255 e. The first-order chi connectivity index (χ1) is 15.5. The number of likely N-dealkylation sites (N-methyl/N-ethyl adjacent to an activating group) is 1. The zero-order valence-corrected chi connectivity index (χ0v) is 20.1. The number of aromatic nitrogens is 1. The molecule has 1 N–H and O–H groups in total. The molecule has 0 radical (unpaired) electrons. The molecule has 1 amide bonds. The summed E-state index contributed by atoms with van der Waals surface area (Å²) in [5, 5.41) is 4.01. The fourth-order valence-corrected chi connectivity index (χ4v) is 4.92. The van der Waals surface area contributed by atoms with Crippen molar-refractivity contribution in [1.29, 1.82) is 0 Å². The minimum atomic E-state index is -0.223. The van der Waals surface area contributed by atoms with Gasteiger partial charge in [0, 0.05) is 49.5 Å². The van der Waals surface area contributed by atoms with E-state index in [4.69, 9.17) is 23.2 Å². The van der Waals surface area contributed by atoms with Gasteiger partial charge in [-0.3, -0.25) is 4.79 Å². The number of nitrogens with one attached hydrogen (secondary N) is 1. The number of benzene rings is 1. The monoisotopic (exact) mass is 475 g/mol. The summed E-state index contributed by atoms with van der Waals surface area (Å²) in [4.78, 5) is 24.6. The molecule has 2 fully saturated rings. The summed E-state index contributed by atoms with van der Waals surface area (Å²) < 4.78 is 0. The van der Waals surface area contributed by atoms with Crippen molar-refractivity contribution in [3.63, 3.8) is 0 Å². The second-order valence-corrected chi connectivity index (χ2v) is 9.75. The van der Waals surface area contributed by atoms with Crippen molar-refractivity contribution in [2.45, 2.75) is 19.3 Å². The van der Waals surface area contributed by atoms with E-state index in [0.29, 0.717) is 27.2 Å². The van der Waals surface area contributed by atoms with Crippen LogP contribution in [0.1, 0.15) is 29.6 Å². The lowest BCUT2D eigenvalue weighted by molar-refractivity contribution is 0.102. The molecule has 2 aliphatic rings. The average molecular weight is 476 g/mol. The molecular weight excluding hydrogens is 445 g/mol. The van der Waals surface area contributed by atoms with Crippen LogP contribution >= 0.6 is 23.2 Å². The summed E-state index contributed by atoms with van der Waals surface area (Å²) >= 11 is 12.2. The van der Waals surface area contributed by atoms with Gasteiger partial charge in [0.2, 0.25) is 0 Å². The number of hydrogen-bond donors (Lipinski definition) is 1. The molecule has 0 aliphatic carbocycles. The van der Waals surface area contributed by atoms with Crippen molar-refractivity contribution in [1.82, 2.24) is 14.8 Å². The highest BCUT2D eigenvalue weighted by Crippen LogP contribution is 2.31. The number of hydrogen-bond acceptors (Lipinski definition) is 5. The molecule has 0 saturated carbocycles. The van der Waals surface area contributed by atoms with Gasteiger partial charge in [0.1, 0.15) is 0 Å². The molecule has 1 aromatic carbocycles. The predicted molar refractivity (Wildman–Crippen MR) is 132 cm³/mol. The number of anilines is 2. The van der Waals surface area contributed by atoms with Crippen LogP contribution in [0.5, 0.6) is 0 Å². The highest BCUT2D eigenvalue weighted by atomic mass is 35.5. The highest BCUT2D eigenvalue weighted by Gasteiger charge is 2.25. The van der Waals surface area contributed by atoms with E-state index in [-0.39, 0.29) is 5.91 Å². The number of carbonyl (C=O) groups is 1. The Morgan fingerprint density at radius 3 is 2.66 bits per heavy atom. The Morgan fingerprint density at radius 1 is 1.06 bits per heavy atom. The van der Waals surface area contributed by atoms with E-state index in [2.05, 4.69) is 32.0 Å². The van der Waals surface area contributed by atoms with Gasteiger partial charge in [-0.15, -0.1) is 0 Å². The lowest BCUT2D eigenvalue weighted by Gasteiger charge is -2.36. The molecule has 0 atom stereocenters. The Hall–Kier alpha value is -1.86. The third-order valence-corrected chi connectivity index (χ3v) is 6.85. The summed E-state index contributed by atoms with van der Waals surface area (Å²) in [7, 11) is 2.21. The van der Waals surface area contributed by atoms with E-state index in [1.165, 1.54) is 26.1 Å². The van der Waals surface area contributed by atoms with Gasteiger partial charge in [0.15, 0.2) is 5.82 Å². The lowest BCUT2D eigenvalue weighted by Crippen LogP contribution is -2.40. The Kier molecular flexibility index (Phi) is 7.89. The number of nitrogens with zero attached hydrogens (tertiary/aromatic N) is 4. The third-order valence-electron chi connectivity index (χ3n) is 6.41. The summed E-state index contributed by atoms with van der Waals surface area (Å²) in [5.41, 5.74) is 1.14. The molecule has 2 aromatic rings. The van der Waals surface area contributed by atoms with Crippen LogP contribution in [0.15, 0.2) is 36.5 Å². The molecule has 32 heavy (non-hydrogen) atoms. The molecule has 4 rings (SSSR count). The van der Waals surface area contributed by atoms with Crippen molar-refractivity contribution < 1.29 is 4.79 Å². The molecule has 2 saturated heterocycles. The first-order valence-corrected chi connectivity index (χ1v) is 12.1. The highest BCUT2D eigenvalue weighted by molar-refractivity contribution is 6.31. The zero-order chi connectivity index (χ0) is 22.5. The average Bonchev–Trinajstić information content (AvgIpc) is 2.98. The van der Waals surface area contributed by atoms with Crippen molar-refractivity contribution in [2.75, 3.05) is 63.1 Å². The SMILES string of the molecule is CN1CCCN(CC2CCN(c3ncc(Cl)cc3NC(=O)c3cccc(Cl)c3)CC2)CC1. The summed E-state index contributed by atoms with van der Waals surface area (Å²) in [6.07, 6.45) is 5.14. The minimum absolute atomic E-state index is 0.223. The summed E-state index contributed by atoms with van der Waals surface area (Å²) in [6.45, 7) is 7.73. The standard InChI is InChI=1S/C24H31Cl2N5O/c1-29-8-3-9-30(13-12-29)17-18-6-10-31(11-7-18)23-22(15-21(26)16-27-23)28-24(32)19-4-2-5-20(25)14-19/h2,4-5,14-16,18H,3,6-13,17H2,1H3,(H,28,32). The number of piperidine rings is 1. The van der Waals surface area contributed by atoms with Gasteiger partial charge in [0.25, 0.3) is 5.91 Å². The van der Waals surface area contributed by atoms with Crippen LogP contribution in [0.3, 0.4) is 0 Å². The molecular formula is C24H31Cl2N5O. The predicted octanol–water partition coefficient (Wildman–Crippen LogP) is 4.49. The number of rotatable bonds is 5. The van der Waals surface area contributed by atoms with Gasteiger partial charge in [0.05, 0.1) is 10.7 Å². The van der Waals surface area contributed by atoms with Crippen LogP contribution in [0.4, 0.5) is 11.5 Å². The summed E-state index contributed by atoms with van der Waals surface area (Å²) in [6, 6.07) is 8.68. The van der Waals surface area contributed by atoms with Crippen LogP contribution in [0.25, 0.3) is 0 Å². The van der Waals surface area contributed by atoms with Crippen LogP contribution in [0, 0.1) is 5.92 Å². The van der Waals surface area contributed by atoms with E-state index < -0.39 is 0 Å². The number of halogens is 2. The van der Waals surface area contributed by atoms with E-state index in [1.807, 2.05) is 0 Å². The van der Waals surface area contributed by atoms with Crippen molar-refractivity contribution in [2.24, 2.45) is 5.92 Å². The van der Waals surface area contributed by atoms with Crippen LogP contribution in [-0.2, 0) is 0 Å². The Balaban J connectivity index is 1.38. The van der Waals surface area contributed by atoms with Gasteiger partial charge in [-0.2, -0.15) is 0 Å². The largest absolute Gasteiger partial charge is 0.355 e. The third kappa shape index (κ3) is 6.13. The quantitative estimate of drug-likeness (QED) is 0.689. The van der Waals surface area contributed by atoms with Gasteiger partial charge in [-0.1, -0.05) is 29.3 Å². The molecule has 2 aliphatic heterocycles. The first kappa shape index (κ1) is 23.3. The van der Waals surface area contributed by atoms with Crippen molar-refractivity contribution >= 4 is 40.6 Å². The summed E-state index contributed by atoms with van der Waals surface area (Å²) in [5.74, 6) is 1.25. The van der Waals surface area contributed by atoms with Crippen LogP contribution < -0.4 is 10.2 Å². The molecule has 1 aromatic heterocycles. The van der Waals surface area contributed by atoms with Crippen LogP contribution in [0.2, 0.25) is 10.0 Å². The fourth-order valence-electron chi connectivity index (χ4n) is 4.58. The van der Waals surface area contributed by atoms with Gasteiger partial charge < -0.3 is 20.0 Å². The van der Waals surface area contributed by atoms with Crippen molar-refractivity contribution in [3.8, 4) is 0 Å². The van der Waals surface area contributed by atoms with Gasteiger partial charge in [-0.25, -0.2) is 4.98 Å². The second kappa shape index (κ2) is 10.8. The van der Waals surface area contributed by atoms with E-state index in [1.54, 1.807) is 36.5 Å². The maximum absolute atomic E-state index is 12.8. The molecule has 0 spiro atoms. The minimum Gasteiger partial charge on any atom is -0.355 e. The first-order valence-electron chi connectivity index (χ1n) is 11.4.